The Kier molecular flexibility index (Phi) is 16.0. The minimum absolute atomic E-state index is 0.0885. The predicted octanol–water partition coefficient (Wildman–Crippen LogP) is 6.39. The highest BCUT2D eigenvalue weighted by molar-refractivity contribution is 6.06. The Morgan fingerprint density at radius 1 is 0.608 bits per heavy atom. The molecule has 0 aromatic heterocycles. The van der Waals surface area contributed by atoms with Gasteiger partial charge < -0.3 is 69.1 Å². The van der Waals surface area contributed by atoms with Gasteiger partial charge in [-0.05, 0) is 97.0 Å². The highest BCUT2D eigenvalue weighted by Crippen LogP contribution is 2.62. The van der Waals surface area contributed by atoms with Crippen molar-refractivity contribution in [3.63, 3.8) is 0 Å². The van der Waals surface area contributed by atoms with Crippen LogP contribution in [0.3, 0.4) is 0 Å². The average Bonchev–Trinajstić information content (AvgIpc) is 3.65. The fraction of sp³-hybridized carbons (Fsp3) is 0.328. The number of β-lactam (4-membered cyclic amide) rings is 1. The van der Waals surface area contributed by atoms with Crippen LogP contribution in [0.15, 0.2) is 152 Å². The number of nitrogens with one attached hydrogen (secondary N) is 2. The molecule has 0 bridgehead atoms. The number of hydrogen-bond donors (Lipinski definition) is 9. The van der Waals surface area contributed by atoms with E-state index >= 15 is 0 Å². The fourth-order valence-electron chi connectivity index (χ4n) is 10.8. The van der Waals surface area contributed by atoms with Gasteiger partial charge in [0.15, 0.2) is 6.29 Å². The first-order chi connectivity index (χ1) is 38.0. The van der Waals surface area contributed by atoms with E-state index in [0.717, 1.165) is 17.7 Å². The summed E-state index contributed by atoms with van der Waals surface area (Å²) >= 11 is 0. The summed E-state index contributed by atoms with van der Waals surface area (Å²) in [4.78, 5) is 41.6. The molecule has 6 aromatic rings. The van der Waals surface area contributed by atoms with Crippen LogP contribution in [0.4, 0.5) is 35.4 Å². The van der Waals surface area contributed by atoms with Crippen LogP contribution in [0.1, 0.15) is 42.9 Å². The van der Waals surface area contributed by atoms with Crippen LogP contribution in [-0.4, -0.2) is 128 Å². The van der Waals surface area contributed by atoms with Gasteiger partial charge in [-0.3, -0.25) is 15.4 Å². The Morgan fingerprint density at radius 2 is 1.16 bits per heavy atom. The zero-order valence-electron chi connectivity index (χ0n) is 42.0. The number of aliphatic hydroxyl groups excluding tert-OH is 5. The molecule has 3 aliphatic heterocycles. The Labute approximate surface area is 451 Å². The lowest BCUT2D eigenvalue weighted by Crippen LogP contribution is -2.65. The number of rotatable bonds is 14. The Bertz CT molecular complexity index is 3130. The monoisotopic (exact) mass is 1090 g/mol. The molecule has 4 aliphatic rings. The van der Waals surface area contributed by atoms with Gasteiger partial charge in [0.25, 0.3) is 0 Å². The maximum Gasteiger partial charge on any atom is 0.411 e. The molecule has 19 nitrogen and oxygen atoms in total. The molecule has 21 heteroatoms. The van der Waals surface area contributed by atoms with Crippen molar-refractivity contribution in [2.24, 2.45) is 5.41 Å². The smallest absolute Gasteiger partial charge is 0.411 e. The van der Waals surface area contributed by atoms with Crippen LogP contribution in [0.2, 0.25) is 0 Å². The molecule has 0 unspecified atom stereocenters. The van der Waals surface area contributed by atoms with E-state index in [1.807, 2.05) is 60.7 Å². The highest BCUT2D eigenvalue weighted by atomic mass is 19.1. The van der Waals surface area contributed by atoms with E-state index in [4.69, 9.17) is 28.4 Å². The summed E-state index contributed by atoms with van der Waals surface area (Å²) in [6.07, 6.45) is -19.4. The van der Waals surface area contributed by atoms with Gasteiger partial charge in [-0.25, -0.2) is 18.4 Å². The lowest BCUT2D eigenvalue weighted by molar-refractivity contribution is -0.352. The first kappa shape index (κ1) is 54.8. The van der Waals surface area contributed by atoms with Crippen LogP contribution in [0.25, 0.3) is 11.1 Å². The molecule has 10 rings (SSSR count). The maximum absolute atomic E-state index is 14.5. The first-order valence-electron chi connectivity index (χ1n) is 25.5. The van der Waals surface area contributed by atoms with Gasteiger partial charge in [0.2, 0.25) is 12.2 Å². The van der Waals surface area contributed by atoms with Crippen LogP contribution < -0.4 is 20.3 Å². The zero-order chi connectivity index (χ0) is 55.6. The summed E-state index contributed by atoms with van der Waals surface area (Å²) < 4.78 is 63.0. The number of benzene rings is 6. The lowest BCUT2D eigenvalue weighted by atomic mass is 9.56. The Morgan fingerprint density at radius 3 is 1.78 bits per heavy atom. The first-order valence-corrected chi connectivity index (χ1v) is 25.5. The quantitative estimate of drug-likeness (QED) is 0.0535. The summed E-state index contributed by atoms with van der Waals surface area (Å²) in [6.45, 7) is -1.55. The molecule has 3 heterocycles. The maximum atomic E-state index is 14.5. The third-order valence-electron chi connectivity index (χ3n) is 15.1. The zero-order valence-corrected chi connectivity index (χ0v) is 42.0. The van der Waals surface area contributed by atoms with Gasteiger partial charge in [-0.2, -0.15) is 0 Å². The minimum Gasteiger partial charge on any atom is -0.508 e. The number of phenols is 1. The SMILES string of the molecule is O=C(Nc1ccccc1F)OC[C@H]1O[C@@H](O[C@H]2[C@H](O)[C@@H](O)[C@H](Oc3cccc(-c4ccc([C@H]5N(c6ccccc6)C(=O)C56CCC(O)(c5ccccc5)CC6)c(O)c4)c3)O[C@@H]2COC(=O)Nc2ccccc2F)[C@H](O)[C@@H](O)[C@@H]1O. The van der Waals surface area contributed by atoms with E-state index in [2.05, 4.69) is 10.6 Å². The Balaban J connectivity index is 0.861. The molecule has 0 radical (unpaired) electrons. The van der Waals surface area contributed by atoms with E-state index in [-0.39, 0.29) is 28.8 Å². The van der Waals surface area contributed by atoms with Crippen molar-refractivity contribution in [1.82, 2.24) is 0 Å². The molecule has 6 aromatic carbocycles. The van der Waals surface area contributed by atoms with Crippen LogP contribution in [-0.2, 0) is 34.1 Å². The number of aromatic hydroxyl groups is 1. The fourth-order valence-corrected chi connectivity index (χ4v) is 10.8. The van der Waals surface area contributed by atoms with Crippen LogP contribution >= 0.6 is 0 Å². The largest absolute Gasteiger partial charge is 0.508 e. The summed E-state index contributed by atoms with van der Waals surface area (Å²) in [7, 11) is 0. The van der Waals surface area contributed by atoms with Gasteiger partial charge in [0.05, 0.1) is 28.4 Å². The van der Waals surface area contributed by atoms with Gasteiger partial charge >= 0.3 is 12.2 Å². The van der Waals surface area contributed by atoms with Crippen molar-refractivity contribution in [3.05, 3.63) is 174 Å². The van der Waals surface area contributed by atoms with Crippen molar-refractivity contribution in [3.8, 4) is 22.6 Å². The molecule has 1 spiro atoms. The normalized spacial score (nSPS) is 29.5. The standard InChI is InChI=1S/C58H57F2N3O16/c59-38-18-7-9-20-40(38)61-55(71)74-30-43-45(65)46(66)48(68)53(77-43)79-50-44(31-75-56(72)62-41-21-10-8-19-39(41)60)78-52(49(69)47(50)67)76-36-17-11-12-32(28-36)33-22-23-37(42(64)29-33)51-57(54(70)63(51)35-15-5-2-6-16-35)24-26-58(73,27-25-57)34-13-3-1-4-14-34/h1-23,28-29,43-53,64-69,73H,24-27,30-31H2,(H,61,71)(H,62,72)/t43-,44-,45-,46+,47-,48-,49-,50-,51-,52-,53+,57?,58?/m1/s1. The van der Waals surface area contributed by atoms with Crippen molar-refractivity contribution in [2.45, 2.75) is 98.7 Å². The van der Waals surface area contributed by atoms with Crippen LogP contribution in [0, 0.1) is 17.0 Å². The number of halogens is 2. The number of para-hydroxylation sites is 3. The third kappa shape index (κ3) is 11.2. The molecule has 9 N–H and O–H groups in total. The third-order valence-corrected chi connectivity index (χ3v) is 15.1. The second-order valence-corrected chi connectivity index (χ2v) is 19.9. The number of phenolic OH excluding ortho intramolecular Hbond substituents is 1. The number of hydrogen-bond acceptors (Lipinski definition) is 16. The summed E-state index contributed by atoms with van der Waals surface area (Å²) in [5.41, 5.74) is 0.531. The number of carbonyl (C=O) groups is 3. The second-order valence-electron chi connectivity index (χ2n) is 19.9. The summed E-state index contributed by atoms with van der Waals surface area (Å²) in [5.74, 6) is -1.64. The number of aliphatic hydroxyl groups is 6. The van der Waals surface area contributed by atoms with Crippen molar-refractivity contribution in [2.75, 3.05) is 28.7 Å². The van der Waals surface area contributed by atoms with E-state index < -0.39 is 116 Å². The lowest BCUT2D eigenvalue weighted by Gasteiger charge is -2.59. The number of anilines is 3. The molecule has 1 saturated carbocycles. The molecule has 79 heavy (non-hydrogen) atoms. The molecule has 4 fully saturated rings. The molecule has 1 aliphatic carbocycles. The molecule has 11 atom stereocenters. The number of carbonyl (C=O) groups excluding carboxylic acids is 3. The molecule has 3 saturated heterocycles. The van der Waals surface area contributed by atoms with E-state index in [1.54, 1.807) is 41.3 Å². The number of nitrogens with zero attached hydrogens (tertiary/aromatic N) is 1. The Hall–Kier alpha value is -7.57. The average molecular weight is 1090 g/mol. The van der Waals surface area contributed by atoms with E-state index in [1.165, 1.54) is 42.5 Å². The molecular formula is C58H57F2N3O16. The second kappa shape index (κ2) is 23.0. The van der Waals surface area contributed by atoms with Gasteiger partial charge in [0.1, 0.15) is 85.2 Å². The van der Waals surface area contributed by atoms with E-state index in [0.29, 0.717) is 48.1 Å². The van der Waals surface area contributed by atoms with Crippen molar-refractivity contribution < 1.29 is 87.3 Å². The van der Waals surface area contributed by atoms with Crippen LogP contribution in [0.5, 0.6) is 11.5 Å². The van der Waals surface area contributed by atoms with Gasteiger partial charge in [-0.15, -0.1) is 0 Å². The minimum atomic E-state index is -2.03. The number of amides is 3. The van der Waals surface area contributed by atoms with E-state index in [9.17, 15) is 58.9 Å². The van der Waals surface area contributed by atoms with Crippen molar-refractivity contribution in [1.29, 1.82) is 0 Å². The summed E-state index contributed by atoms with van der Waals surface area (Å²) in [5, 5.41) is 84.0. The predicted molar refractivity (Wildman–Crippen MR) is 277 cm³/mol. The topological polar surface area (TPSA) is 275 Å². The van der Waals surface area contributed by atoms with Gasteiger partial charge in [-0.1, -0.05) is 97.1 Å². The molecular weight excluding hydrogens is 1030 g/mol. The molecule has 3 amide bonds. The molecule has 414 valence electrons. The van der Waals surface area contributed by atoms with Gasteiger partial charge in [0, 0.05) is 11.3 Å². The number of ether oxygens (including phenoxy) is 6. The van der Waals surface area contributed by atoms with Crippen molar-refractivity contribution >= 4 is 35.2 Å². The summed E-state index contributed by atoms with van der Waals surface area (Å²) in [6, 6.07) is 40.0. The highest BCUT2D eigenvalue weighted by Gasteiger charge is 2.64.